The van der Waals surface area contributed by atoms with Crippen LogP contribution in [-0.4, -0.2) is 17.4 Å². The highest BCUT2D eigenvalue weighted by atomic mass is 16.5. The minimum Gasteiger partial charge on any atom is -0.478 e. The van der Waals surface area contributed by atoms with Gasteiger partial charge in [-0.2, -0.15) is 0 Å². The van der Waals surface area contributed by atoms with Crippen molar-refractivity contribution in [3.05, 3.63) is 54.6 Å². The molecule has 0 aliphatic heterocycles. The third-order valence-corrected chi connectivity index (χ3v) is 3.39. The molecule has 0 aliphatic carbocycles. The second kappa shape index (κ2) is 7.64. The van der Waals surface area contributed by atoms with Crippen molar-refractivity contribution in [2.45, 2.75) is 32.8 Å². The van der Waals surface area contributed by atoms with Gasteiger partial charge in [0.25, 0.3) is 5.91 Å². The van der Waals surface area contributed by atoms with Gasteiger partial charge in [0, 0.05) is 17.8 Å². The molecule has 5 heteroatoms. The molecule has 0 saturated carbocycles. The summed E-state index contributed by atoms with van der Waals surface area (Å²) in [6, 6.07) is 16.2. The van der Waals surface area contributed by atoms with Crippen molar-refractivity contribution in [3.63, 3.8) is 0 Å². The number of anilines is 2. The van der Waals surface area contributed by atoms with E-state index in [2.05, 4.69) is 10.6 Å². The molecule has 126 valence electrons. The first-order chi connectivity index (χ1) is 11.4. The van der Waals surface area contributed by atoms with Crippen LogP contribution in [0.15, 0.2) is 54.6 Å². The number of rotatable bonds is 6. The first-order valence-electron chi connectivity index (χ1n) is 7.86. The second-order valence-electron chi connectivity index (χ2n) is 5.86. The molecule has 2 amide bonds. The number of amides is 2. The van der Waals surface area contributed by atoms with E-state index in [4.69, 9.17) is 4.74 Å². The molecule has 0 spiro atoms. The lowest BCUT2D eigenvalue weighted by Gasteiger charge is -2.25. The maximum Gasteiger partial charge on any atom is 0.267 e. The fourth-order valence-corrected chi connectivity index (χ4v) is 2.04. The van der Waals surface area contributed by atoms with Gasteiger partial charge in [-0.05, 0) is 44.2 Å². The van der Waals surface area contributed by atoms with Crippen molar-refractivity contribution in [2.24, 2.45) is 0 Å². The average molecular weight is 326 g/mol. The summed E-state index contributed by atoms with van der Waals surface area (Å²) in [5.74, 6) is 0.276. The SMILES string of the molecule is CCC(=O)Nc1cccc(NC(=O)C(C)(C)Oc2ccccc2)c1. The topological polar surface area (TPSA) is 67.4 Å². The predicted octanol–water partition coefficient (Wildman–Crippen LogP) is 3.83. The molecule has 0 radical (unpaired) electrons. The largest absolute Gasteiger partial charge is 0.478 e. The van der Waals surface area contributed by atoms with Gasteiger partial charge in [-0.3, -0.25) is 9.59 Å². The van der Waals surface area contributed by atoms with E-state index in [0.29, 0.717) is 23.5 Å². The van der Waals surface area contributed by atoms with Crippen LogP contribution in [0.1, 0.15) is 27.2 Å². The Morgan fingerprint density at radius 2 is 1.58 bits per heavy atom. The van der Waals surface area contributed by atoms with Crippen molar-refractivity contribution in [1.29, 1.82) is 0 Å². The van der Waals surface area contributed by atoms with Gasteiger partial charge in [0.05, 0.1) is 0 Å². The van der Waals surface area contributed by atoms with E-state index < -0.39 is 5.60 Å². The standard InChI is InChI=1S/C19H22N2O3/c1-4-17(22)20-14-9-8-10-15(13-14)21-18(23)19(2,3)24-16-11-6-5-7-12-16/h5-13H,4H2,1-3H3,(H,20,22)(H,21,23). The number of hydrogen-bond donors (Lipinski definition) is 2. The summed E-state index contributed by atoms with van der Waals surface area (Å²) < 4.78 is 5.77. The van der Waals surface area contributed by atoms with Crippen molar-refractivity contribution < 1.29 is 14.3 Å². The van der Waals surface area contributed by atoms with E-state index in [-0.39, 0.29) is 11.8 Å². The highest BCUT2D eigenvalue weighted by Gasteiger charge is 2.30. The Hall–Kier alpha value is -2.82. The van der Waals surface area contributed by atoms with Gasteiger partial charge in [0.1, 0.15) is 5.75 Å². The summed E-state index contributed by atoms with van der Waals surface area (Å²) in [5, 5.41) is 5.58. The monoisotopic (exact) mass is 326 g/mol. The van der Waals surface area contributed by atoms with Gasteiger partial charge in [-0.25, -0.2) is 0 Å². The zero-order chi connectivity index (χ0) is 17.6. The van der Waals surface area contributed by atoms with Crippen molar-refractivity contribution in [2.75, 3.05) is 10.6 Å². The molecule has 24 heavy (non-hydrogen) atoms. The number of nitrogens with one attached hydrogen (secondary N) is 2. The first-order valence-corrected chi connectivity index (χ1v) is 7.86. The molecule has 0 unspecified atom stereocenters. The van der Waals surface area contributed by atoms with E-state index in [1.54, 1.807) is 57.2 Å². The first kappa shape index (κ1) is 17.5. The van der Waals surface area contributed by atoms with E-state index in [1.165, 1.54) is 0 Å². The molecular weight excluding hydrogens is 304 g/mol. The van der Waals surface area contributed by atoms with Crippen LogP contribution >= 0.6 is 0 Å². The van der Waals surface area contributed by atoms with Crippen molar-refractivity contribution in [1.82, 2.24) is 0 Å². The summed E-state index contributed by atoms with van der Waals surface area (Å²) in [4.78, 5) is 24.0. The van der Waals surface area contributed by atoms with Gasteiger partial charge in [0.15, 0.2) is 5.60 Å². The Morgan fingerprint density at radius 1 is 0.958 bits per heavy atom. The van der Waals surface area contributed by atoms with Crippen LogP contribution in [0, 0.1) is 0 Å². The maximum atomic E-state index is 12.5. The Kier molecular flexibility index (Phi) is 5.58. The van der Waals surface area contributed by atoms with Crippen molar-refractivity contribution in [3.8, 4) is 5.75 Å². The lowest BCUT2D eigenvalue weighted by molar-refractivity contribution is -0.128. The lowest BCUT2D eigenvalue weighted by Crippen LogP contribution is -2.42. The van der Waals surface area contributed by atoms with Crippen LogP contribution in [0.25, 0.3) is 0 Å². The molecule has 0 saturated heterocycles. The molecular formula is C19H22N2O3. The zero-order valence-corrected chi connectivity index (χ0v) is 14.1. The van der Waals surface area contributed by atoms with Gasteiger partial charge in [-0.1, -0.05) is 31.2 Å². The molecule has 0 fully saturated rings. The van der Waals surface area contributed by atoms with Gasteiger partial charge < -0.3 is 15.4 Å². The number of carbonyl (C=O) groups is 2. The summed E-state index contributed by atoms with van der Waals surface area (Å²) >= 11 is 0. The lowest BCUT2D eigenvalue weighted by atomic mass is 10.1. The minimum atomic E-state index is -1.04. The van der Waals surface area contributed by atoms with E-state index in [0.717, 1.165) is 0 Å². The van der Waals surface area contributed by atoms with Crippen LogP contribution in [0.4, 0.5) is 11.4 Å². The Morgan fingerprint density at radius 3 is 2.21 bits per heavy atom. The summed E-state index contributed by atoms with van der Waals surface area (Å²) in [5.41, 5.74) is 0.199. The van der Waals surface area contributed by atoms with Crippen molar-refractivity contribution >= 4 is 23.2 Å². The van der Waals surface area contributed by atoms with Gasteiger partial charge >= 0.3 is 0 Å². The third kappa shape index (κ3) is 4.84. The molecule has 2 aromatic rings. The number of ether oxygens (including phenoxy) is 1. The smallest absolute Gasteiger partial charge is 0.267 e. The third-order valence-electron chi connectivity index (χ3n) is 3.39. The number of carbonyl (C=O) groups excluding carboxylic acids is 2. The van der Waals surface area contributed by atoms with Gasteiger partial charge in [-0.15, -0.1) is 0 Å². The molecule has 0 aromatic heterocycles. The minimum absolute atomic E-state index is 0.0776. The molecule has 0 heterocycles. The van der Waals surface area contributed by atoms with Crippen LogP contribution < -0.4 is 15.4 Å². The molecule has 0 aliphatic rings. The molecule has 0 atom stereocenters. The Bertz CT molecular complexity index is 712. The van der Waals surface area contributed by atoms with Crippen LogP contribution in [0.3, 0.4) is 0 Å². The highest BCUT2D eigenvalue weighted by molar-refractivity contribution is 5.98. The van der Waals surface area contributed by atoms with Crippen LogP contribution in [0.5, 0.6) is 5.75 Å². The summed E-state index contributed by atoms with van der Waals surface area (Å²) in [6.07, 6.45) is 0.397. The predicted molar refractivity (Wildman–Crippen MR) is 95.1 cm³/mol. The second-order valence-corrected chi connectivity index (χ2v) is 5.86. The molecule has 2 rings (SSSR count). The fourth-order valence-electron chi connectivity index (χ4n) is 2.04. The quantitative estimate of drug-likeness (QED) is 0.848. The number of benzene rings is 2. The Labute approximate surface area is 142 Å². The summed E-state index contributed by atoms with van der Waals surface area (Å²) in [7, 11) is 0. The fraction of sp³-hybridized carbons (Fsp3) is 0.263. The van der Waals surface area contributed by atoms with Crippen LogP contribution in [0.2, 0.25) is 0 Å². The Balaban J connectivity index is 2.05. The van der Waals surface area contributed by atoms with E-state index in [1.807, 2.05) is 18.2 Å². The zero-order valence-electron chi connectivity index (χ0n) is 14.1. The highest BCUT2D eigenvalue weighted by Crippen LogP contribution is 2.21. The number of hydrogen-bond acceptors (Lipinski definition) is 3. The van der Waals surface area contributed by atoms with E-state index in [9.17, 15) is 9.59 Å². The van der Waals surface area contributed by atoms with Crippen LogP contribution in [-0.2, 0) is 9.59 Å². The molecule has 0 bridgehead atoms. The number of para-hydroxylation sites is 1. The average Bonchev–Trinajstić information content (AvgIpc) is 2.55. The normalized spacial score (nSPS) is 10.8. The molecule has 2 aromatic carbocycles. The summed E-state index contributed by atoms with van der Waals surface area (Å²) in [6.45, 7) is 5.19. The van der Waals surface area contributed by atoms with E-state index >= 15 is 0 Å². The maximum absolute atomic E-state index is 12.5. The molecule has 5 nitrogen and oxygen atoms in total. The van der Waals surface area contributed by atoms with Gasteiger partial charge in [0.2, 0.25) is 5.91 Å². The molecule has 2 N–H and O–H groups in total.